The first-order chi connectivity index (χ1) is 8.50. The summed E-state index contributed by atoms with van der Waals surface area (Å²) in [7, 11) is 0. The van der Waals surface area contributed by atoms with Gasteiger partial charge in [-0.1, -0.05) is 27.2 Å². The summed E-state index contributed by atoms with van der Waals surface area (Å²) in [4.78, 5) is 12.2. The molecular weight excluding hydrogens is 260 g/mol. The molecule has 1 aliphatic heterocycles. The molecule has 1 saturated heterocycles. The van der Waals surface area contributed by atoms with E-state index in [0.29, 0.717) is 17.4 Å². The molecule has 1 amide bonds. The van der Waals surface area contributed by atoms with Gasteiger partial charge in [0, 0.05) is 18.0 Å². The van der Waals surface area contributed by atoms with Crippen molar-refractivity contribution >= 4 is 18.3 Å². The second-order valence-corrected chi connectivity index (χ2v) is 6.84. The highest BCUT2D eigenvalue weighted by Crippen LogP contribution is 2.49. The zero-order valence-electron chi connectivity index (χ0n) is 12.6. The van der Waals surface area contributed by atoms with E-state index in [1.54, 1.807) is 0 Å². The van der Waals surface area contributed by atoms with Crippen LogP contribution in [0.3, 0.4) is 0 Å². The third kappa shape index (κ3) is 3.85. The number of halogens is 1. The quantitative estimate of drug-likeness (QED) is 0.817. The van der Waals surface area contributed by atoms with E-state index < -0.39 is 0 Å². The zero-order valence-corrected chi connectivity index (χ0v) is 13.4. The minimum Gasteiger partial charge on any atom is -0.354 e. The van der Waals surface area contributed by atoms with Crippen LogP contribution in [0.4, 0.5) is 0 Å². The molecule has 3 nitrogen and oxygen atoms in total. The van der Waals surface area contributed by atoms with Gasteiger partial charge in [-0.2, -0.15) is 0 Å². The van der Waals surface area contributed by atoms with Crippen molar-refractivity contribution in [3.05, 3.63) is 0 Å². The van der Waals surface area contributed by atoms with Gasteiger partial charge in [0.1, 0.15) is 0 Å². The monoisotopic (exact) mass is 288 g/mol. The summed E-state index contributed by atoms with van der Waals surface area (Å²) < 4.78 is 0. The van der Waals surface area contributed by atoms with Gasteiger partial charge < -0.3 is 10.6 Å². The van der Waals surface area contributed by atoms with Gasteiger partial charge in [0.2, 0.25) is 5.91 Å². The molecule has 0 bridgehead atoms. The lowest BCUT2D eigenvalue weighted by Gasteiger charge is -2.39. The van der Waals surface area contributed by atoms with Crippen molar-refractivity contribution in [3.8, 4) is 0 Å². The number of piperidine rings is 1. The Balaban J connectivity index is 0.00000180. The second-order valence-electron chi connectivity index (χ2n) is 6.84. The smallest absolute Gasteiger partial charge is 0.226 e. The molecule has 0 aromatic heterocycles. The lowest BCUT2D eigenvalue weighted by Crippen LogP contribution is -2.53. The van der Waals surface area contributed by atoms with Crippen molar-refractivity contribution in [1.82, 2.24) is 10.6 Å². The molecule has 2 rings (SSSR count). The van der Waals surface area contributed by atoms with Crippen molar-refractivity contribution in [1.29, 1.82) is 0 Å². The molecule has 0 aromatic rings. The number of hydrogen-bond donors (Lipinski definition) is 2. The summed E-state index contributed by atoms with van der Waals surface area (Å²) in [6.07, 6.45) is 6.85. The molecule has 2 N–H and O–H groups in total. The Morgan fingerprint density at radius 3 is 2.53 bits per heavy atom. The molecule has 0 radical (unpaired) electrons. The van der Waals surface area contributed by atoms with Crippen molar-refractivity contribution in [2.45, 2.75) is 65.3 Å². The van der Waals surface area contributed by atoms with Gasteiger partial charge in [-0.05, 0) is 44.1 Å². The van der Waals surface area contributed by atoms with E-state index in [1.165, 1.54) is 12.8 Å². The Morgan fingerprint density at radius 2 is 2.00 bits per heavy atom. The third-order valence-corrected chi connectivity index (χ3v) is 4.86. The standard InChI is InChI=1S/C15H28N2O.ClH/c1-4-6-15(8-9-15)13(18)17-11-12-14(2,3)7-5-10-16-12;/h12,16H,4-11H2,1-3H3,(H,17,18);1H. The third-order valence-electron chi connectivity index (χ3n) is 4.86. The molecule has 1 heterocycles. The fourth-order valence-corrected chi connectivity index (χ4v) is 3.22. The molecule has 0 spiro atoms. The van der Waals surface area contributed by atoms with Crippen LogP contribution in [0.25, 0.3) is 0 Å². The number of rotatable bonds is 5. The molecule has 19 heavy (non-hydrogen) atoms. The molecule has 1 unspecified atom stereocenters. The average Bonchev–Trinajstić information content (AvgIpc) is 3.08. The molecular formula is C15H29ClN2O. The minimum atomic E-state index is 0. The largest absolute Gasteiger partial charge is 0.354 e. The van der Waals surface area contributed by atoms with Gasteiger partial charge in [0.25, 0.3) is 0 Å². The van der Waals surface area contributed by atoms with Crippen LogP contribution in [0.2, 0.25) is 0 Å². The number of carbonyl (C=O) groups is 1. The molecule has 1 atom stereocenters. The summed E-state index contributed by atoms with van der Waals surface area (Å²) in [6.45, 7) is 8.64. The molecule has 1 saturated carbocycles. The summed E-state index contributed by atoms with van der Waals surface area (Å²) in [5, 5.41) is 6.75. The van der Waals surface area contributed by atoms with Gasteiger partial charge in [0.15, 0.2) is 0 Å². The van der Waals surface area contributed by atoms with E-state index in [2.05, 4.69) is 31.4 Å². The summed E-state index contributed by atoms with van der Waals surface area (Å²) >= 11 is 0. The fraction of sp³-hybridized carbons (Fsp3) is 0.933. The zero-order chi connectivity index (χ0) is 13.2. The highest BCUT2D eigenvalue weighted by Gasteiger charge is 2.48. The van der Waals surface area contributed by atoms with Crippen molar-refractivity contribution in [2.75, 3.05) is 13.1 Å². The maximum absolute atomic E-state index is 12.2. The predicted octanol–water partition coefficient (Wildman–Crippen LogP) is 2.88. The van der Waals surface area contributed by atoms with E-state index >= 15 is 0 Å². The van der Waals surface area contributed by atoms with Crippen LogP contribution in [0.5, 0.6) is 0 Å². The average molecular weight is 289 g/mol. The highest BCUT2D eigenvalue weighted by molar-refractivity contribution is 5.85. The Bertz CT molecular complexity index is 313. The topological polar surface area (TPSA) is 41.1 Å². The normalized spacial score (nSPS) is 27.2. The Labute approximate surface area is 123 Å². The summed E-state index contributed by atoms with van der Waals surface area (Å²) in [5.74, 6) is 0.299. The number of nitrogens with one attached hydrogen (secondary N) is 2. The van der Waals surface area contributed by atoms with E-state index in [-0.39, 0.29) is 17.8 Å². The van der Waals surface area contributed by atoms with Gasteiger partial charge >= 0.3 is 0 Å². The first-order valence-electron chi connectivity index (χ1n) is 7.52. The summed E-state index contributed by atoms with van der Waals surface area (Å²) in [5.41, 5.74) is 0.306. The Morgan fingerprint density at radius 1 is 1.32 bits per heavy atom. The minimum absolute atomic E-state index is 0. The summed E-state index contributed by atoms with van der Waals surface area (Å²) in [6, 6.07) is 0.424. The first kappa shape index (κ1) is 16.8. The van der Waals surface area contributed by atoms with Crippen LogP contribution in [-0.4, -0.2) is 25.0 Å². The first-order valence-corrected chi connectivity index (χ1v) is 7.52. The predicted molar refractivity (Wildman–Crippen MR) is 81.6 cm³/mol. The van der Waals surface area contributed by atoms with Crippen LogP contribution in [0, 0.1) is 10.8 Å². The van der Waals surface area contributed by atoms with Crippen LogP contribution in [0.1, 0.15) is 59.3 Å². The Kier molecular flexibility index (Phi) is 5.69. The SMILES string of the molecule is CCCC1(C(=O)NCC2NCCCC2(C)C)CC1.Cl. The van der Waals surface area contributed by atoms with Crippen LogP contribution < -0.4 is 10.6 Å². The molecule has 1 aliphatic carbocycles. The van der Waals surface area contributed by atoms with Crippen LogP contribution in [-0.2, 0) is 4.79 Å². The van der Waals surface area contributed by atoms with Crippen LogP contribution in [0.15, 0.2) is 0 Å². The second kappa shape index (κ2) is 6.45. The van der Waals surface area contributed by atoms with Crippen molar-refractivity contribution in [3.63, 3.8) is 0 Å². The molecule has 2 aliphatic rings. The van der Waals surface area contributed by atoms with Gasteiger partial charge in [-0.25, -0.2) is 0 Å². The number of amides is 1. The van der Waals surface area contributed by atoms with E-state index in [4.69, 9.17) is 0 Å². The van der Waals surface area contributed by atoms with Crippen molar-refractivity contribution < 1.29 is 4.79 Å². The number of hydrogen-bond acceptors (Lipinski definition) is 2. The Hall–Kier alpha value is -0.280. The lowest BCUT2D eigenvalue weighted by atomic mass is 9.77. The van der Waals surface area contributed by atoms with Crippen molar-refractivity contribution in [2.24, 2.45) is 10.8 Å². The van der Waals surface area contributed by atoms with E-state index in [1.807, 2.05) is 0 Å². The van der Waals surface area contributed by atoms with E-state index in [0.717, 1.165) is 38.8 Å². The molecule has 112 valence electrons. The fourth-order valence-electron chi connectivity index (χ4n) is 3.22. The lowest BCUT2D eigenvalue weighted by molar-refractivity contribution is -0.126. The maximum atomic E-state index is 12.2. The molecule has 2 fully saturated rings. The maximum Gasteiger partial charge on any atom is 0.226 e. The van der Waals surface area contributed by atoms with Gasteiger partial charge in [-0.3, -0.25) is 4.79 Å². The van der Waals surface area contributed by atoms with Gasteiger partial charge in [-0.15, -0.1) is 12.4 Å². The number of carbonyl (C=O) groups excluding carboxylic acids is 1. The van der Waals surface area contributed by atoms with E-state index in [9.17, 15) is 4.79 Å². The van der Waals surface area contributed by atoms with Crippen LogP contribution >= 0.6 is 12.4 Å². The molecule has 4 heteroatoms. The van der Waals surface area contributed by atoms with Gasteiger partial charge in [0.05, 0.1) is 0 Å². The highest BCUT2D eigenvalue weighted by atomic mass is 35.5. The molecule has 0 aromatic carbocycles.